The van der Waals surface area contributed by atoms with Gasteiger partial charge in [0.15, 0.2) is 5.82 Å². The minimum Gasteiger partial charge on any atom is -0.330 e. The Hall–Kier alpha value is -1.23. The summed E-state index contributed by atoms with van der Waals surface area (Å²) < 4.78 is 0. The van der Waals surface area contributed by atoms with E-state index in [-0.39, 0.29) is 5.41 Å². The maximum Gasteiger partial charge on any atom is 0.175 e. The lowest BCUT2D eigenvalue weighted by atomic mass is 9.53. The molecule has 2 aliphatic carbocycles. The Balaban J connectivity index is 1.79. The lowest BCUT2D eigenvalue weighted by molar-refractivity contribution is 0.00727. The van der Waals surface area contributed by atoms with Crippen molar-refractivity contribution in [2.24, 2.45) is 23.0 Å². The standard InChI is InChI=1S/C12H19N5/c1-2-8-3-9-5-12(7-13,10(9)4-8)6-11-14-16-17-15-11/h4,9-10H,2-3,5-7,13H2,1H3,(H,14,15,16,17)/t9-,10-,12-/m0/s1. The number of tetrazole rings is 1. The Morgan fingerprint density at radius 1 is 1.59 bits per heavy atom. The molecule has 3 N–H and O–H groups in total. The van der Waals surface area contributed by atoms with E-state index in [2.05, 4.69) is 33.6 Å². The number of rotatable bonds is 4. The van der Waals surface area contributed by atoms with Crippen molar-refractivity contribution < 1.29 is 0 Å². The van der Waals surface area contributed by atoms with Gasteiger partial charge in [-0.05, 0) is 43.1 Å². The second kappa shape index (κ2) is 3.91. The molecule has 3 rings (SSSR count). The van der Waals surface area contributed by atoms with Gasteiger partial charge in [0.2, 0.25) is 0 Å². The Morgan fingerprint density at radius 2 is 2.47 bits per heavy atom. The van der Waals surface area contributed by atoms with Crippen LogP contribution < -0.4 is 5.73 Å². The van der Waals surface area contributed by atoms with Gasteiger partial charge in [0, 0.05) is 6.42 Å². The molecular weight excluding hydrogens is 214 g/mol. The molecule has 0 aromatic carbocycles. The van der Waals surface area contributed by atoms with Crippen molar-refractivity contribution in [1.82, 2.24) is 20.6 Å². The molecule has 92 valence electrons. The topological polar surface area (TPSA) is 80.5 Å². The van der Waals surface area contributed by atoms with Gasteiger partial charge in [-0.3, -0.25) is 0 Å². The van der Waals surface area contributed by atoms with Crippen LogP contribution in [0, 0.1) is 17.3 Å². The highest BCUT2D eigenvalue weighted by Gasteiger charge is 2.54. The van der Waals surface area contributed by atoms with E-state index < -0.39 is 0 Å². The highest BCUT2D eigenvalue weighted by molar-refractivity contribution is 5.24. The smallest absolute Gasteiger partial charge is 0.175 e. The fourth-order valence-electron chi connectivity index (χ4n) is 3.61. The first-order valence-corrected chi connectivity index (χ1v) is 6.39. The molecule has 0 unspecified atom stereocenters. The molecule has 2 aliphatic rings. The molecule has 0 bridgehead atoms. The van der Waals surface area contributed by atoms with E-state index in [1.165, 1.54) is 19.3 Å². The summed E-state index contributed by atoms with van der Waals surface area (Å²) >= 11 is 0. The lowest BCUT2D eigenvalue weighted by Crippen LogP contribution is -2.51. The van der Waals surface area contributed by atoms with Gasteiger partial charge in [0.1, 0.15) is 0 Å². The van der Waals surface area contributed by atoms with E-state index in [0.29, 0.717) is 5.92 Å². The third-order valence-electron chi connectivity index (χ3n) is 4.58. The molecule has 1 aromatic rings. The fraction of sp³-hybridized carbons (Fsp3) is 0.750. The first-order chi connectivity index (χ1) is 8.27. The van der Waals surface area contributed by atoms with Crippen molar-refractivity contribution in [2.75, 3.05) is 6.54 Å². The molecule has 17 heavy (non-hydrogen) atoms. The van der Waals surface area contributed by atoms with Crippen LogP contribution in [0.1, 0.15) is 32.0 Å². The van der Waals surface area contributed by atoms with Gasteiger partial charge < -0.3 is 5.73 Å². The van der Waals surface area contributed by atoms with Crippen LogP contribution in [0.4, 0.5) is 0 Å². The average Bonchev–Trinajstić information content (AvgIpc) is 2.94. The van der Waals surface area contributed by atoms with E-state index in [0.717, 1.165) is 24.7 Å². The number of aromatic nitrogens is 4. The fourth-order valence-corrected chi connectivity index (χ4v) is 3.61. The molecule has 3 atom stereocenters. The van der Waals surface area contributed by atoms with Crippen molar-refractivity contribution in [3.05, 3.63) is 17.5 Å². The van der Waals surface area contributed by atoms with Crippen molar-refractivity contribution in [3.63, 3.8) is 0 Å². The van der Waals surface area contributed by atoms with Crippen molar-refractivity contribution in [2.45, 2.75) is 32.6 Å². The molecule has 1 saturated carbocycles. The number of nitrogens with zero attached hydrogens (tertiary/aromatic N) is 3. The molecule has 0 aliphatic heterocycles. The zero-order chi connectivity index (χ0) is 11.9. The molecule has 1 fully saturated rings. The van der Waals surface area contributed by atoms with Gasteiger partial charge >= 0.3 is 0 Å². The Bertz CT molecular complexity index is 424. The maximum absolute atomic E-state index is 6.01. The van der Waals surface area contributed by atoms with Crippen LogP contribution >= 0.6 is 0 Å². The Kier molecular flexibility index (Phi) is 2.50. The Labute approximate surface area is 101 Å². The predicted molar refractivity (Wildman–Crippen MR) is 64.0 cm³/mol. The molecule has 0 spiro atoms. The maximum atomic E-state index is 6.01. The number of nitrogens with two attached hydrogens (primary N) is 1. The quantitative estimate of drug-likeness (QED) is 0.762. The third kappa shape index (κ3) is 1.60. The second-order valence-electron chi connectivity index (χ2n) is 5.44. The van der Waals surface area contributed by atoms with E-state index in [1.54, 1.807) is 5.57 Å². The highest BCUT2D eigenvalue weighted by Crippen LogP contribution is 2.58. The minimum atomic E-state index is 0.186. The van der Waals surface area contributed by atoms with Crippen molar-refractivity contribution in [1.29, 1.82) is 0 Å². The summed E-state index contributed by atoms with van der Waals surface area (Å²) in [5, 5.41) is 14.3. The van der Waals surface area contributed by atoms with Gasteiger partial charge in [0.25, 0.3) is 0 Å². The highest BCUT2D eigenvalue weighted by atomic mass is 15.5. The number of fused-ring (bicyclic) bond motifs is 1. The summed E-state index contributed by atoms with van der Waals surface area (Å²) in [5.41, 5.74) is 7.80. The van der Waals surface area contributed by atoms with Crippen LogP contribution in [0.15, 0.2) is 11.6 Å². The van der Waals surface area contributed by atoms with Crippen LogP contribution in [0.3, 0.4) is 0 Å². The molecule has 0 saturated heterocycles. The molecule has 5 heteroatoms. The predicted octanol–water partition coefficient (Wildman–Crippen LogP) is 1.06. The first-order valence-electron chi connectivity index (χ1n) is 6.39. The van der Waals surface area contributed by atoms with Crippen LogP contribution in [-0.2, 0) is 6.42 Å². The van der Waals surface area contributed by atoms with Crippen molar-refractivity contribution >= 4 is 0 Å². The Morgan fingerprint density at radius 3 is 3.12 bits per heavy atom. The number of nitrogens with one attached hydrogen (secondary N) is 1. The number of allylic oxidation sites excluding steroid dienone is 2. The van der Waals surface area contributed by atoms with E-state index >= 15 is 0 Å². The summed E-state index contributed by atoms with van der Waals surface area (Å²) in [5.74, 6) is 2.26. The average molecular weight is 233 g/mol. The molecule has 1 heterocycles. The van der Waals surface area contributed by atoms with E-state index in [1.807, 2.05) is 0 Å². The molecule has 0 radical (unpaired) electrons. The zero-order valence-corrected chi connectivity index (χ0v) is 10.2. The monoisotopic (exact) mass is 233 g/mol. The largest absolute Gasteiger partial charge is 0.330 e. The van der Waals surface area contributed by atoms with Crippen molar-refractivity contribution in [3.8, 4) is 0 Å². The van der Waals surface area contributed by atoms with E-state index in [9.17, 15) is 0 Å². The minimum absolute atomic E-state index is 0.186. The van der Waals surface area contributed by atoms with Gasteiger partial charge in [-0.2, -0.15) is 5.21 Å². The number of H-pyrrole nitrogens is 1. The SMILES string of the molecule is CCC1=C[C@H]2[C@@H](C1)C[C@@]2(CN)Cc1nn[nH]n1. The normalized spacial score (nSPS) is 35.3. The number of hydrogen-bond donors (Lipinski definition) is 2. The van der Waals surface area contributed by atoms with Gasteiger partial charge in [-0.25, -0.2) is 0 Å². The summed E-state index contributed by atoms with van der Waals surface area (Å²) in [6, 6.07) is 0. The lowest BCUT2D eigenvalue weighted by Gasteiger charge is -2.51. The number of hydrogen-bond acceptors (Lipinski definition) is 4. The van der Waals surface area contributed by atoms with Gasteiger partial charge in [0.05, 0.1) is 0 Å². The molecule has 0 amide bonds. The third-order valence-corrected chi connectivity index (χ3v) is 4.58. The molecule has 5 nitrogen and oxygen atoms in total. The van der Waals surface area contributed by atoms with Crippen LogP contribution in [-0.4, -0.2) is 27.2 Å². The number of aromatic amines is 1. The zero-order valence-electron chi connectivity index (χ0n) is 10.2. The summed E-state index contributed by atoms with van der Waals surface area (Å²) in [7, 11) is 0. The summed E-state index contributed by atoms with van der Waals surface area (Å²) in [4.78, 5) is 0. The summed E-state index contributed by atoms with van der Waals surface area (Å²) in [6.07, 6.45) is 6.98. The van der Waals surface area contributed by atoms with Crippen LogP contribution in [0.2, 0.25) is 0 Å². The van der Waals surface area contributed by atoms with Crippen LogP contribution in [0.25, 0.3) is 0 Å². The van der Waals surface area contributed by atoms with Gasteiger partial charge in [-0.1, -0.05) is 23.8 Å². The molecular formula is C12H19N5. The van der Waals surface area contributed by atoms with Gasteiger partial charge in [-0.15, -0.1) is 10.2 Å². The molecule has 1 aromatic heterocycles. The van der Waals surface area contributed by atoms with E-state index in [4.69, 9.17) is 5.73 Å². The first kappa shape index (κ1) is 10.9. The summed E-state index contributed by atoms with van der Waals surface area (Å²) in [6.45, 7) is 2.95. The van der Waals surface area contributed by atoms with Crippen LogP contribution in [0.5, 0.6) is 0 Å². The second-order valence-corrected chi connectivity index (χ2v) is 5.44.